The molecule has 0 spiro atoms. The van der Waals surface area contributed by atoms with Crippen molar-refractivity contribution in [1.29, 1.82) is 0 Å². The number of pyridine rings is 1. The van der Waals surface area contributed by atoms with Gasteiger partial charge in [-0.05, 0) is 42.5 Å². The lowest BCUT2D eigenvalue weighted by Crippen LogP contribution is -2.23. The third-order valence-electron chi connectivity index (χ3n) is 3.38. The molecule has 3 nitrogen and oxygen atoms in total. The third-order valence-corrected chi connectivity index (χ3v) is 3.38. The monoisotopic (exact) mass is 219 g/mol. The summed E-state index contributed by atoms with van der Waals surface area (Å²) in [7, 11) is 0. The summed E-state index contributed by atoms with van der Waals surface area (Å²) >= 11 is 0. The first-order chi connectivity index (χ1) is 7.70. The molecule has 16 heavy (non-hydrogen) atoms. The molecule has 1 aromatic rings. The van der Waals surface area contributed by atoms with Gasteiger partial charge in [-0.25, -0.2) is 4.98 Å². The van der Waals surface area contributed by atoms with Gasteiger partial charge < -0.3 is 10.6 Å². The minimum Gasteiger partial charge on any atom is -0.356 e. The van der Waals surface area contributed by atoms with Crippen LogP contribution in [0.25, 0.3) is 0 Å². The molecular weight excluding hydrogens is 198 g/mol. The second kappa shape index (κ2) is 4.83. The van der Waals surface area contributed by atoms with Gasteiger partial charge in [0.15, 0.2) is 0 Å². The van der Waals surface area contributed by atoms with Crippen molar-refractivity contribution in [2.75, 3.05) is 24.5 Å². The number of hydrogen-bond acceptors (Lipinski definition) is 3. The first kappa shape index (κ1) is 11.4. The highest BCUT2D eigenvalue weighted by molar-refractivity contribution is 5.42. The summed E-state index contributed by atoms with van der Waals surface area (Å²) in [4.78, 5) is 6.81. The van der Waals surface area contributed by atoms with Crippen LogP contribution >= 0.6 is 0 Å². The molecule has 88 valence electrons. The van der Waals surface area contributed by atoms with Gasteiger partial charge in [-0.2, -0.15) is 0 Å². The van der Waals surface area contributed by atoms with Gasteiger partial charge in [-0.15, -0.1) is 0 Å². The van der Waals surface area contributed by atoms with Crippen molar-refractivity contribution in [3.05, 3.63) is 23.9 Å². The molecule has 0 radical (unpaired) electrons. The molecule has 3 heteroatoms. The highest BCUT2D eigenvalue weighted by Gasteiger charge is 2.22. The maximum absolute atomic E-state index is 5.71. The molecular formula is C13H21N3. The maximum Gasteiger partial charge on any atom is 0.128 e. The number of nitrogens with two attached hydrogens (primary N) is 1. The molecule has 2 rings (SSSR count). The van der Waals surface area contributed by atoms with E-state index < -0.39 is 0 Å². The highest BCUT2D eigenvalue weighted by Crippen LogP contribution is 2.24. The van der Waals surface area contributed by atoms with Crippen molar-refractivity contribution in [1.82, 2.24) is 4.98 Å². The van der Waals surface area contributed by atoms with Crippen molar-refractivity contribution < 1.29 is 0 Å². The standard InChI is InChI=1S/C13H21N3/c1-10(2)12-3-5-15-13(7-12)16-6-4-11(8-14)9-16/h3,5,7,10-11H,4,6,8-9,14H2,1-2H3. The summed E-state index contributed by atoms with van der Waals surface area (Å²) in [5.41, 5.74) is 7.07. The highest BCUT2D eigenvalue weighted by atomic mass is 15.2. The minimum atomic E-state index is 0.564. The Bertz CT molecular complexity index is 349. The van der Waals surface area contributed by atoms with E-state index in [1.807, 2.05) is 6.20 Å². The number of aromatic nitrogens is 1. The van der Waals surface area contributed by atoms with E-state index in [-0.39, 0.29) is 0 Å². The fraction of sp³-hybridized carbons (Fsp3) is 0.615. The summed E-state index contributed by atoms with van der Waals surface area (Å²) in [6.07, 6.45) is 3.12. The van der Waals surface area contributed by atoms with Crippen molar-refractivity contribution in [3.8, 4) is 0 Å². The van der Waals surface area contributed by atoms with E-state index in [9.17, 15) is 0 Å². The van der Waals surface area contributed by atoms with Gasteiger partial charge >= 0.3 is 0 Å². The molecule has 0 aliphatic carbocycles. The summed E-state index contributed by atoms with van der Waals surface area (Å²) in [6, 6.07) is 4.31. The van der Waals surface area contributed by atoms with Crippen LogP contribution in [0.5, 0.6) is 0 Å². The molecule has 1 aromatic heterocycles. The Labute approximate surface area is 97.7 Å². The van der Waals surface area contributed by atoms with E-state index >= 15 is 0 Å². The van der Waals surface area contributed by atoms with Gasteiger partial charge in [0.1, 0.15) is 5.82 Å². The van der Waals surface area contributed by atoms with Gasteiger partial charge in [-0.1, -0.05) is 13.8 Å². The van der Waals surface area contributed by atoms with Crippen LogP contribution in [-0.4, -0.2) is 24.6 Å². The van der Waals surface area contributed by atoms with Crippen molar-refractivity contribution in [3.63, 3.8) is 0 Å². The topological polar surface area (TPSA) is 42.2 Å². The zero-order chi connectivity index (χ0) is 11.5. The molecule has 1 unspecified atom stereocenters. The predicted molar refractivity (Wildman–Crippen MR) is 67.7 cm³/mol. The Morgan fingerprint density at radius 3 is 3.00 bits per heavy atom. The summed E-state index contributed by atoms with van der Waals surface area (Å²) < 4.78 is 0. The largest absolute Gasteiger partial charge is 0.356 e. The number of anilines is 1. The fourth-order valence-electron chi connectivity index (χ4n) is 2.20. The van der Waals surface area contributed by atoms with Crippen LogP contribution in [0.15, 0.2) is 18.3 Å². The van der Waals surface area contributed by atoms with Crippen molar-refractivity contribution in [2.45, 2.75) is 26.2 Å². The summed E-state index contributed by atoms with van der Waals surface area (Å²) in [6.45, 7) is 7.37. The molecule has 2 heterocycles. The SMILES string of the molecule is CC(C)c1ccnc(N2CCC(CN)C2)c1. The average molecular weight is 219 g/mol. The number of nitrogens with zero attached hydrogens (tertiary/aromatic N) is 2. The lowest BCUT2D eigenvalue weighted by molar-refractivity contribution is 0.602. The zero-order valence-corrected chi connectivity index (χ0v) is 10.2. The Morgan fingerprint density at radius 1 is 1.56 bits per heavy atom. The first-order valence-corrected chi connectivity index (χ1v) is 6.11. The number of rotatable bonds is 3. The van der Waals surface area contributed by atoms with Gasteiger partial charge in [0, 0.05) is 19.3 Å². The Kier molecular flexibility index (Phi) is 3.44. The third kappa shape index (κ3) is 2.35. The molecule has 1 aliphatic heterocycles. The van der Waals surface area contributed by atoms with Gasteiger partial charge in [0.05, 0.1) is 0 Å². The molecule has 1 aliphatic rings. The fourth-order valence-corrected chi connectivity index (χ4v) is 2.20. The van der Waals surface area contributed by atoms with E-state index in [1.165, 1.54) is 12.0 Å². The lowest BCUT2D eigenvalue weighted by atomic mass is 10.1. The van der Waals surface area contributed by atoms with E-state index in [0.29, 0.717) is 11.8 Å². The second-order valence-electron chi connectivity index (χ2n) is 4.94. The molecule has 1 fully saturated rings. The van der Waals surface area contributed by atoms with Gasteiger partial charge in [0.2, 0.25) is 0 Å². The van der Waals surface area contributed by atoms with Gasteiger partial charge in [0.25, 0.3) is 0 Å². The van der Waals surface area contributed by atoms with Crippen LogP contribution in [0.3, 0.4) is 0 Å². The van der Waals surface area contributed by atoms with Gasteiger partial charge in [-0.3, -0.25) is 0 Å². The smallest absolute Gasteiger partial charge is 0.128 e. The summed E-state index contributed by atoms with van der Waals surface area (Å²) in [5.74, 6) is 2.32. The molecule has 0 bridgehead atoms. The van der Waals surface area contributed by atoms with E-state index in [2.05, 4.69) is 35.9 Å². The first-order valence-electron chi connectivity index (χ1n) is 6.11. The quantitative estimate of drug-likeness (QED) is 0.845. The Morgan fingerprint density at radius 2 is 2.38 bits per heavy atom. The molecule has 0 aromatic carbocycles. The van der Waals surface area contributed by atoms with E-state index in [4.69, 9.17) is 5.73 Å². The molecule has 0 saturated carbocycles. The van der Waals surface area contributed by atoms with Crippen LogP contribution in [0.1, 0.15) is 31.7 Å². The lowest BCUT2D eigenvalue weighted by Gasteiger charge is -2.18. The van der Waals surface area contributed by atoms with Crippen LogP contribution in [-0.2, 0) is 0 Å². The van der Waals surface area contributed by atoms with Crippen LogP contribution < -0.4 is 10.6 Å². The van der Waals surface area contributed by atoms with Crippen LogP contribution in [0, 0.1) is 5.92 Å². The Hall–Kier alpha value is -1.09. The summed E-state index contributed by atoms with van der Waals surface area (Å²) in [5, 5.41) is 0. The van der Waals surface area contributed by atoms with Crippen molar-refractivity contribution in [2.24, 2.45) is 11.7 Å². The van der Waals surface area contributed by atoms with Crippen LogP contribution in [0.4, 0.5) is 5.82 Å². The van der Waals surface area contributed by atoms with E-state index in [0.717, 1.165) is 25.5 Å². The predicted octanol–water partition coefficient (Wildman–Crippen LogP) is 1.99. The zero-order valence-electron chi connectivity index (χ0n) is 10.2. The Balaban J connectivity index is 2.12. The second-order valence-corrected chi connectivity index (χ2v) is 4.94. The molecule has 1 saturated heterocycles. The van der Waals surface area contributed by atoms with Crippen LogP contribution in [0.2, 0.25) is 0 Å². The molecule has 1 atom stereocenters. The number of hydrogen-bond donors (Lipinski definition) is 1. The molecule has 2 N–H and O–H groups in total. The molecule has 0 amide bonds. The van der Waals surface area contributed by atoms with E-state index in [1.54, 1.807) is 0 Å². The minimum absolute atomic E-state index is 0.564. The maximum atomic E-state index is 5.71. The van der Waals surface area contributed by atoms with Crippen molar-refractivity contribution >= 4 is 5.82 Å². The average Bonchev–Trinajstić information content (AvgIpc) is 2.77. The normalized spacial score (nSPS) is 20.8.